The molecule has 0 unspecified atom stereocenters. The number of hydrogen-bond donors (Lipinski definition) is 1. The largest absolute Gasteiger partial charge is 0.508 e. The molecule has 96 valence electrons. The molecule has 0 atom stereocenters. The number of aryl methyl sites for hydroxylation is 1. The maximum Gasteiger partial charge on any atom is 0.255 e. The van der Waals surface area contributed by atoms with Crippen LogP contribution in [-0.2, 0) is 13.1 Å². The second-order valence-electron chi connectivity index (χ2n) is 4.90. The van der Waals surface area contributed by atoms with Crippen LogP contribution in [0.5, 0.6) is 5.75 Å². The lowest BCUT2D eigenvalue weighted by molar-refractivity contribution is 0.0765. The maximum atomic E-state index is 12.4. The number of carbonyl (C=O) groups is 1. The van der Waals surface area contributed by atoms with Crippen molar-refractivity contribution in [1.82, 2.24) is 4.90 Å². The summed E-state index contributed by atoms with van der Waals surface area (Å²) in [6.45, 7) is 3.02. The number of phenolic OH excluding ortho intramolecular Hbond substituents is 1. The Balaban J connectivity index is 1.89. The van der Waals surface area contributed by atoms with Crippen molar-refractivity contribution >= 4 is 5.91 Å². The topological polar surface area (TPSA) is 40.5 Å². The Morgan fingerprint density at radius 3 is 2.68 bits per heavy atom. The first-order chi connectivity index (χ1) is 9.16. The standard InChI is InChI=1S/C16H15NO2/c1-11-5-4-7-13-10-17(16(19)15(11)13)9-12-6-2-3-8-14(12)18/h2-8,18H,9-10H2,1H3. The van der Waals surface area contributed by atoms with Gasteiger partial charge >= 0.3 is 0 Å². The monoisotopic (exact) mass is 253 g/mol. The van der Waals surface area contributed by atoms with Crippen LogP contribution in [-0.4, -0.2) is 15.9 Å². The molecule has 3 heteroatoms. The van der Waals surface area contributed by atoms with Crippen LogP contribution >= 0.6 is 0 Å². The molecule has 2 aromatic carbocycles. The van der Waals surface area contributed by atoms with Crippen LogP contribution in [0.1, 0.15) is 27.0 Å². The third-order valence-electron chi connectivity index (χ3n) is 3.57. The highest BCUT2D eigenvalue weighted by molar-refractivity contribution is 5.99. The van der Waals surface area contributed by atoms with Crippen LogP contribution < -0.4 is 0 Å². The summed E-state index contributed by atoms with van der Waals surface area (Å²) in [6, 6.07) is 13.1. The fraction of sp³-hybridized carbons (Fsp3) is 0.188. The lowest BCUT2D eigenvalue weighted by Crippen LogP contribution is -2.23. The molecule has 0 spiro atoms. The first-order valence-corrected chi connectivity index (χ1v) is 6.31. The predicted octanol–water partition coefficient (Wildman–Crippen LogP) is 2.86. The van der Waals surface area contributed by atoms with E-state index in [0.29, 0.717) is 13.1 Å². The number of amides is 1. The van der Waals surface area contributed by atoms with Gasteiger partial charge in [-0.1, -0.05) is 36.4 Å². The molecule has 1 aliphatic heterocycles. The van der Waals surface area contributed by atoms with Gasteiger partial charge in [0.15, 0.2) is 0 Å². The van der Waals surface area contributed by atoms with Crippen LogP contribution in [0.15, 0.2) is 42.5 Å². The summed E-state index contributed by atoms with van der Waals surface area (Å²) in [5.74, 6) is 0.291. The molecule has 0 bridgehead atoms. The van der Waals surface area contributed by atoms with E-state index >= 15 is 0 Å². The molecule has 0 aromatic heterocycles. The molecule has 3 nitrogen and oxygen atoms in total. The van der Waals surface area contributed by atoms with Gasteiger partial charge in [0, 0.05) is 24.2 Å². The van der Waals surface area contributed by atoms with Crippen molar-refractivity contribution in [2.45, 2.75) is 20.0 Å². The lowest BCUT2D eigenvalue weighted by atomic mass is 10.0. The minimum absolute atomic E-state index is 0.0522. The second-order valence-corrected chi connectivity index (χ2v) is 4.90. The summed E-state index contributed by atoms with van der Waals surface area (Å²) in [7, 11) is 0. The number of rotatable bonds is 2. The summed E-state index contributed by atoms with van der Waals surface area (Å²) in [6.07, 6.45) is 0. The molecule has 1 aliphatic rings. The van der Waals surface area contributed by atoms with Crippen molar-refractivity contribution in [3.8, 4) is 5.75 Å². The lowest BCUT2D eigenvalue weighted by Gasteiger charge is -2.16. The Bertz CT molecular complexity index is 649. The van der Waals surface area contributed by atoms with Crippen molar-refractivity contribution in [2.75, 3.05) is 0 Å². The molecule has 0 fully saturated rings. The molecule has 0 radical (unpaired) electrons. The van der Waals surface area contributed by atoms with E-state index in [2.05, 4.69) is 0 Å². The smallest absolute Gasteiger partial charge is 0.255 e. The zero-order chi connectivity index (χ0) is 13.4. The second kappa shape index (κ2) is 4.43. The van der Waals surface area contributed by atoms with Gasteiger partial charge in [-0.3, -0.25) is 4.79 Å². The van der Waals surface area contributed by atoms with Crippen LogP contribution in [0.4, 0.5) is 0 Å². The normalized spacial score (nSPS) is 13.7. The van der Waals surface area contributed by atoms with Gasteiger partial charge in [-0.2, -0.15) is 0 Å². The van der Waals surface area contributed by atoms with Crippen LogP contribution in [0, 0.1) is 6.92 Å². The number of hydrogen-bond acceptors (Lipinski definition) is 2. The van der Waals surface area contributed by atoms with E-state index in [1.165, 1.54) is 0 Å². The van der Waals surface area contributed by atoms with E-state index < -0.39 is 0 Å². The average molecular weight is 253 g/mol. The first-order valence-electron chi connectivity index (χ1n) is 6.31. The third kappa shape index (κ3) is 1.97. The Labute approximate surface area is 112 Å². The Morgan fingerprint density at radius 2 is 1.95 bits per heavy atom. The molecule has 1 amide bonds. The van der Waals surface area contributed by atoms with Gasteiger partial charge in [0.05, 0.1) is 0 Å². The molecule has 0 saturated heterocycles. The quantitative estimate of drug-likeness (QED) is 0.894. The zero-order valence-corrected chi connectivity index (χ0v) is 10.8. The molecule has 1 N–H and O–H groups in total. The van der Waals surface area contributed by atoms with Crippen molar-refractivity contribution < 1.29 is 9.90 Å². The van der Waals surface area contributed by atoms with E-state index in [9.17, 15) is 9.90 Å². The van der Waals surface area contributed by atoms with Gasteiger partial charge in [-0.25, -0.2) is 0 Å². The fourth-order valence-electron chi connectivity index (χ4n) is 2.58. The number of benzene rings is 2. The van der Waals surface area contributed by atoms with Crippen molar-refractivity contribution in [2.24, 2.45) is 0 Å². The van der Waals surface area contributed by atoms with Crippen molar-refractivity contribution in [3.05, 3.63) is 64.7 Å². The highest BCUT2D eigenvalue weighted by atomic mass is 16.3. The van der Waals surface area contributed by atoms with Crippen LogP contribution in [0.3, 0.4) is 0 Å². The number of fused-ring (bicyclic) bond motifs is 1. The molecule has 0 aliphatic carbocycles. The fourth-order valence-corrected chi connectivity index (χ4v) is 2.58. The average Bonchev–Trinajstić information content (AvgIpc) is 2.71. The van der Waals surface area contributed by atoms with E-state index in [-0.39, 0.29) is 11.7 Å². The van der Waals surface area contributed by atoms with Gasteiger partial charge in [0.1, 0.15) is 5.75 Å². The van der Waals surface area contributed by atoms with Crippen molar-refractivity contribution in [1.29, 1.82) is 0 Å². The molecule has 1 heterocycles. The number of aromatic hydroxyl groups is 1. The highest BCUT2D eigenvalue weighted by Crippen LogP contribution is 2.28. The van der Waals surface area contributed by atoms with E-state index in [1.807, 2.05) is 37.3 Å². The van der Waals surface area contributed by atoms with E-state index in [0.717, 1.165) is 22.3 Å². The maximum absolute atomic E-state index is 12.4. The van der Waals surface area contributed by atoms with E-state index in [4.69, 9.17) is 0 Å². The summed E-state index contributed by atoms with van der Waals surface area (Å²) in [4.78, 5) is 14.1. The summed E-state index contributed by atoms with van der Waals surface area (Å²) >= 11 is 0. The number of para-hydroxylation sites is 1. The summed E-state index contributed by atoms with van der Waals surface area (Å²) < 4.78 is 0. The molecule has 3 rings (SSSR count). The van der Waals surface area contributed by atoms with Gasteiger partial charge in [0.2, 0.25) is 0 Å². The van der Waals surface area contributed by atoms with Gasteiger partial charge < -0.3 is 10.0 Å². The number of nitrogens with zero attached hydrogens (tertiary/aromatic N) is 1. The Morgan fingerprint density at radius 1 is 1.16 bits per heavy atom. The highest BCUT2D eigenvalue weighted by Gasteiger charge is 2.28. The zero-order valence-electron chi connectivity index (χ0n) is 10.8. The van der Waals surface area contributed by atoms with Gasteiger partial charge in [-0.15, -0.1) is 0 Å². The SMILES string of the molecule is Cc1cccc2c1C(=O)N(Cc1ccccc1O)C2. The van der Waals surface area contributed by atoms with Crippen LogP contribution in [0.2, 0.25) is 0 Å². The third-order valence-corrected chi connectivity index (χ3v) is 3.57. The molecule has 19 heavy (non-hydrogen) atoms. The minimum Gasteiger partial charge on any atom is -0.508 e. The Kier molecular flexibility index (Phi) is 2.75. The molecular formula is C16H15NO2. The van der Waals surface area contributed by atoms with Gasteiger partial charge in [0.25, 0.3) is 5.91 Å². The minimum atomic E-state index is 0.0522. The number of carbonyl (C=O) groups excluding carboxylic acids is 1. The first kappa shape index (κ1) is 11.8. The Hall–Kier alpha value is -2.29. The van der Waals surface area contributed by atoms with Gasteiger partial charge in [-0.05, 0) is 24.1 Å². The van der Waals surface area contributed by atoms with E-state index in [1.54, 1.807) is 17.0 Å². The predicted molar refractivity (Wildman–Crippen MR) is 72.9 cm³/mol. The molecular weight excluding hydrogens is 238 g/mol. The van der Waals surface area contributed by atoms with Crippen molar-refractivity contribution in [3.63, 3.8) is 0 Å². The number of phenols is 1. The van der Waals surface area contributed by atoms with Crippen LogP contribution in [0.25, 0.3) is 0 Å². The molecule has 0 saturated carbocycles. The summed E-state index contributed by atoms with van der Waals surface area (Å²) in [5, 5.41) is 9.79. The summed E-state index contributed by atoms with van der Waals surface area (Å²) in [5.41, 5.74) is 3.68. The molecule has 2 aromatic rings.